The number of rotatable bonds is 5. The van der Waals surface area contributed by atoms with E-state index < -0.39 is 17.2 Å². The number of hydrogen-bond acceptors (Lipinski definition) is 3. The van der Waals surface area contributed by atoms with E-state index in [0.29, 0.717) is 23.7 Å². The van der Waals surface area contributed by atoms with Crippen LogP contribution in [0.1, 0.15) is 43.1 Å². The van der Waals surface area contributed by atoms with Crippen molar-refractivity contribution in [3.63, 3.8) is 0 Å². The fraction of sp³-hybridized carbons (Fsp3) is 0.412. The highest BCUT2D eigenvalue weighted by molar-refractivity contribution is 5.93. The van der Waals surface area contributed by atoms with E-state index in [4.69, 9.17) is 0 Å². The quantitative estimate of drug-likeness (QED) is 0.888. The van der Waals surface area contributed by atoms with E-state index in [2.05, 4.69) is 5.32 Å². The monoisotopic (exact) mass is 318 g/mol. The van der Waals surface area contributed by atoms with Gasteiger partial charge in [0, 0.05) is 24.2 Å². The number of benzene rings is 1. The number of hydrogen-bond donors (Lipinski definition) is 2. The normalized spacial score (nSPS) is 14.4. The molecule has 23 heavy (non-hydrogen) atoms. The SMILES string of the molecule is CC(C)n1cc(C(=O)O)c(=O)c2cc(F)c(NCC3CC3)cc21. The van der Waals surface area contributed by atoms with Crippen molar-refractivity contribution in [2.75, 3.05) is 11.9 Å². The molecule has 1 fully saturated rings. The summed E-state index contributed by atoms with van der Waals surface area (Å²) >= 11 is 0. The molecule has 1 aromatic heterocycles. The van der Waals surface area contributed by atoms with Crippen molar-refractivity contribution < 1.29 is 14.3 Å². The highest BCUT2D eigenvalue weighted by Crippen LogP contribution is 2.30. The van der Waals surface area contributed by atoms with E-state index in [0.717, 1.165) is 18.9 Å². The topological polar surface area (TPSA) is 71.3 Å². The van der Waals surface area contributed by atoms with Crippen molar-refractivity contribution in [3.05, 3.63) is 39.9 Å². The van der Waals surface area contributed by atoms with Crippen LogP contribution in [0.15, 0.2) is 23.1 Å². The molecular weight excluding hydrogens is 299 g/mol. The predicted molar refractivity (Wildman–Crippen MR) is 86.7 cm³/mol. The second-order valence-corrected chi connectivity index (χ2v) is 6.35. The lowest BCUT2D eigenvalue weighted by Crippen LogP contribution is -2.20. The molecule has 5 nitrogen and oxygen atoms in total. The van der Waals surface area contributed by atoms with Gasteiger partial charge in [0.1, 0.15) is 11.4 Å². The van der Waals surface area contributed by atoms with E-state index in [1.807, 2.05) is 13.8 Å². The van der Waals surface area contributed by atoms with Crippen LogP contribution in [0.25, 0.3) is 10.9 Å². The van der Waals surface area contributed by atoms with Gasteiger partial charge in [0.25, 0.3) is 0 Å². The number of aromatic nitrogens is 1. The van der Waals surface area contributed by atoms with Crippen LogP contribution in [0.5, 0.6) is 0 Å². The molecule has 2 aromatic rings. The molecule has 1 saturated carbocycles. The first-order valence-electron chi connectivity index (χ1n) is 7.74. The number of carboxylic acids is 1. The first-order valence-corrected chi connectivity index (χ1v) is 7.74. The average Bonchev–Trinajstić information content (AvgIpc) is 3.29. The summed E-state index contributed by atoms with van der Waals surface area (Å²) in [6, 6.07) is 2.68. The van der Waals surface area contributed by atoms with Crippen molar-refractivity contribution in [1.82, 2.24) is 4.57 Å². The molecule has 2 N–H and O–H groups in total. The Morgan fingerprint density at radius 2 is 2.13 bits per heavy atom. The van der Waals surface area contributed by atoms with Gasteiger partial charge in [0.05, 0.1) is 11.2 Å². The highest BCUT2D eigenvalue weighted by atomic mass is 19.1. The zero-order chi connectivity index (χ0) is 16.7. The zero-order valence-electron chi connectivity index (χ0n) is 13.1. The third-order valence-corrected chi connectivity index (χ3v) is 4.19. The van der Waals surface area contributed by atoms with Crippen molar-refractivity contribution in [1.29, 1.82) is 0 Å². The fourth-order valence-corrected chi connectivity index (χ4v) is 2.66. The lowest BCUT2D eigenvalue weighted by molar-refractivity contribution is 0.0694. The van der Waals surface area contributed by atoms with E-state index in [-0.39, 0.29) is 17.0 Å². The smallest absolute Gasteiger partial charge is 0.341 e. The van der Waals surface area contributed by atoms with Crippen LogP contribution in [0.2, 0.25) is 0 Å². The number of fused-ring (bicyclic) bond motifs is 1. The van der Waals surface area contributed by atoms with Gasteiger partial charge in [-0.25, -0.2) is 9.18 Å². The number of carbonyl (C=O) groups is 1. The third kappa shape index (κ3) is 2.93. The Kier molecular flexibility index (Phi) is 3.83. The van der Waals surface area contributed by atoms with Crippen molar-refractivity contribution >= 4 is 22.6 Å². The molecular formula is C17H19FN2O3. The Morgan fingerprint density at radius 1 is 1.43 bits per heavy atom. The molecule has 0 atom stereocenters. The molecule has 3 rings (SSSR count). The Balaban J connectivity index is 2.19. The molecule has 0 radical (unpaired) electrons. The lowest BCUT2D eigenvalue weighted by atomic mass is 10.1. The molecule has 0 spiro atoms. The summed E-state index contributed by atoms with van der Waals surface area (Å²) in [4.78, 5) is 23.6. The second-order valence-electron chi connectivity index (χ2n) is 6.35. The summed E-state index contributed by atoms with van der Waals surface area (Å²) in [6.45, 7) is 4.48. The summed E-state index contributed by atoms with van der Waals surface area (Å²) in [6.07, 6.45) is 3.64. The Hall–Kier alpha value is -2.37. The van der Waals surface area contributed by atoms with Crippen LogP contribution in [0.4, 0.5) is 10.1 Å². The van der Waals surface area contributed by atoms with Gasteiger partial charge >= 0.3 is 5.97 Å². The van der Waals surface area contributed by atoms with Crippen molar-refractivity contribution in [3.8, 4) is 0 Å². The summed E-state index contributed by atoms with van der Waals surface area (Å²) < 4.78 is 16.0. The number of halogens is 1. The average molecular weight is 318 g/mol. The molecule has 0 unspecified atom stereocenters. The van der Waals surface area contributed by atoms with Gasteiger partial charge in [0.15, 0.2) is 0 Å². The van der Waals surface area contributed by atoms with Crippen LogP contribution in [-0.2, 0) is 0 Å². The van der Waals surface area contributed by atoms with E-state index in [9.17, 15) is 19.1 Å². The first kappa shape index (κ1) is 15.5. The number of pyridine rings is 1. The molecule has 0 amide bonds. The van der Waals surface area contributed by atoms with Gasteiger partial charge in [-0.3, -0.25) is 4.79 Å². The maximum absolute atomic E-state index is 14.3. The standard InChI is InChI=1S/C17H19FN2O3/c1-9(2)20-8-12(17(22)23)16(21)11-5-13(18)14(6-15(11)20)19-7-10-3-4-10/h5-6,8-10,19H,3-4,7H2,1-2H3,(H,22,23). The molecule has 122 valence electrons. The van der Waals surface area contributed by atoms with Gasteiger partial charge in [0.2, 0.25) is 5.43 Å². The van der Waals surface area contributed by atoms with E-state index in [1.165, 1.54) is 6.20 Å². The maximum Gasteiger partial charge on any atom is 0.341 e. The Labute approximate surface area is 132 Å². The summed E-state index contributed by atoms with van der Waals surface area (Å²) in [7, 11) is 0. The number of nitrogens with one attached hydrogen (secondary N) is 1. The number of anilines is 1. The molecule has 0 saturated heterocycles. The number of carboxylic acid groups (broad SMARTS) is 1. The number of nitrogens with zero attached hydrogens (tertiary/aromatic N) is 1. The van der Waals surface area contributed by atoms with Gasteiger partial charge in [-0.15, -0.1) is 0 Å². The van der Waals surface area contributed by atoms with Gasteiger partial charge in [-0.2, -0.15) is 0 Å². The lowest BCUT2D eigenvalue weighted by Gasteiger charge is -2.17. The minimum Gasteiger partial charge on any atom is -0.477 e. The van der Waals surface area contributed by atoms with Gasteiger partial charge < -0.3 is 15.0 Å². The Bertz CT molecular complexity index is 838. The van der Waals surface area contributed by atoms with Crippen LogP contribution >= 0.6 is 0 Å². The zero-order valence-corrected chi connectivity index (χ0v) is 13.1. The molecule has 1 aliphatic carbocycles. The second kappa shape index (κ2) is 5.68. The molecule has 1 aliphatic rings. The van der Waals surface area contributed by atoms with E-state index >= 15 is 0 Å². The van der Waals surface area contributed by atoms with Crippen LogP contribution in [0.3, 0.4) is 0 Å². The van der Waals surface area contributed by atoms with Gasteiger partial charge in [-0.1, -0.05) is 0 Å². The highest BCUT2D eigenvalue weighted by Gasteiger charge is 2.22. The Morgan fingerprint density at radius 3 is 2.70 bits per heavy atom. The molecule has 0 aliphatic heterocycles. The third-order valence-electron chi connectivity index (χ3n) is 4.19. The van der Waals surface area contributed by atoms with Crippen LogP contribution < -0.4 is 10.7 Å². The molecule has 6 heteroatoms. The first-order chi connectivity index (χ1) is 10.9. The minimum atomic E-state index is -1.30. The summed E-state index contributed by atoms with van der Waals surface area (Å²) in [5, 5.41) is 12.4. The van der Waals surface area contributed by atoms with Gasteiger partial charge in [-0.05, 0) is 44.7 Å². The fourth-order valence-electron chi connectivity index (χ4n) is 2.66. The van der Waals surface area contributed by atoms with Crippen LogP contribution in [-0.4, -0.2) is 22.2 Å². The van der Waals surface area contributed by atoms with Crippen LogP contribution in [0, 0.1) is 11.7 Å². The minimum absolute atomic E-state index is 0.0575. The summed E-state index contributed by atoms with van der Waals surface area (Å²) in [5.41, 5.74) is -0.114. The largest absolute Gasteiger partial charge is 0.477 e. The molecule has 1 heterocycles. The van der Waals surface area contributed by atoms with E-state index in [1.54, 1.807) is 10.6 Å². The van der Waals surface area contributed by atoms with Crippen molar-refractivity contribution in [2.45, 2.75) is 32.7 Å². The maximum atomic E-state index is 14.3. The summed E-state index contributed by atoms with van der Waals surface area (Å²) in [5.74, 6) is -1.25. The predicted octanol–water partition coefficient (Wildman–Crippen LogP) is 3.24. The molecule has 1 aromatic carbocycles. The number of aromatic carboxylic acids is 1. The van der Waals surface area contributed by atoms with Crippen molar-refractivity contribution in [2.24, 2.45) is 5.92 Å². The molecule has 0 bridgehead atoms.